The van der Waals surface area contributed by atoms with E-state index in [2.05, 4.69) is 15.5 Å². The van der Waals surface area contributed by atoms with Crippen LogP contribution in [-0.2, 0) is 23.0 Å². The molecular weight excluding hydrogens is 210 g/mol. The third-order valence-electron chi connectivity index (χ3n) is 2.14. The Bertz CT molecular complexity index is 338. The standard InChI is InChI=1S/C9H17N5O2/c1-14-6-12-13-8(14)3-4-11-9(15)7(10)5-16-2/h6-7H,3-5,10H2,1-2H3,(H,11,15). The van der Waals surface area contributed by atoms with Gasteiger partial charge in [0.05, 0.1) is 6.61 Å². The van der Waals surface area contributed by atoms with Gasteiger partial charge < -0.3 is 20.4 Å². The fraction of sp³-hybridized carbons (Fsp3) is 0.667. The van der Waals surface area contributed by atoms with Crippen molar-refractivity contribution in [1.82, 2.24) is 20.1 Å². The van der Waals surface area contributed by atoms with Crippen molar-refractivity contribution >= 4 is 5.91 Å². The van der Waals surface area contributed by atoms with E-state index in [1.54, 1.807) is 10.9 Å². The van der Waals surface area contributed by atoms with E-state index in [0.717, 1.165) is 5.82 Å². The molecule has 7 heteroatoms. The van der Waals surface area contributed by atoms with Crippen LogP contribution in [0.2, 0.25) is 0 Å². The maximum atomic E-state index is 11.4. The van der Waals surface area contributed by atoms with Gasteiger partial charge in [0.2, 0.25) is 5.91 Å². The Kier molecular flexibility index (Phi) is 4.87. The van der Waals surface area contributed by atoms with Crippen molar-refractivity contribution in [2.75, 3.05) is 20.3 Å². The Morgan fingerprint density at radius 2 is 2.50 bits per heavy atom. The Morgan fingerprint density at radius 3 is 3.06 bits per heavy atom. The van der Waals surface area contributed by atoms with E-state index in [-0.39, 0.29) is 12.5 Å². The molecule has 0 aromatic carbocycles. The molecule has 1 rings (SSSR count). The molecule has 1 atom stereocenters. The lowest BCUT2D eigenvalue weighted by atomic mass is 10.3. The number of hydrogen-bond acceptors (Lipinski definition) is 5. The van der Waals surface area contributed by atoms with Crippen LogP contribution in [-0.4, -0.2) is 47.0 Å². The smallest absolute Gasteiger partial charge is 0.239 e. The van der Waals surface area contributed by atoms with E-state index in [4.69, 9.17) is 10.5 Å². The summed E-state index contributed by atoms with van der Waals surface area (Å²) in [5.41, 5.74) is 5.55. The highest BCUT2D eigenvalue weighted by Crippen LogP contribution is 1.91. The van der Waals surface area contributed by atoms with Gasteiger partial charge in [-0.2, -0.15) is 0 Å². The molecule has 0 bridgehead atoms. The van der Waals surface area contributed by atoms with Crippen molar-refractivity contribution in [3.63, 3.8) is 0 Å². The Balaban J connectivity index is 2.25. The summed E-state index contributed by atoms with van der Waals surface area (Å²) < 4.78 is 6.59. The predicted octanol–water partition coefficient (Wildman–Crippen LogP) is -1.55. The minimum absolute atomic E-state index is 0.218. The first kappa shape index (κ1) is 12.6. The van der Waals surface area contributed by atoms with Crippen molar-refractivity contribution in [1.29, 1.82) is 0 Å². The van der Waals surface area contributed by atoms with Gasteiger partial charge in [-0.15, -0.1) is 10.2 Å². The second kappa shape index (κ2) is 6.19. The highest BCUT2D eigenvalue weighted by Gasteiger charge is 2.12. The molecule has 0 radical (unpaired) electrons. The van der Waals surface area contributed by atoms with Gasteiger partial charge in [-0.3, -0.25) is 4.79 Å². The number of rotatable bonds is 6. The fourth-order valence-corrected chi connectivity index (χ4v) is 1.22. The van der Waals surface area contributed by atoms with Gasteiger partial charge in [0, 0.05) is 27.1 Å². The van der Waals surface area contributed by atoms with Gasteiger partial charge in [-0.1, -0.05) is 0 Å². The number of nitrogens with zero attached hydrogens (tertiary/aromatic N) is 3. The molecule has 1 aromatic rings. The quantitative estimate of drug-likeness (QED) is 0.613. The summed E-state index contributed by atoms with van der Waals surface area (Å²) in [6.45, 7) is 0.707. The first-order valence-corrected chi connectivity index (χ1v) is 5.00. The summed E-state index contributed by atoms with van der Waals surface area (Å²) in [5, 5.41) is 10.3. The fourth-order valence-electron chi connectivity index (χ4n) is 1.22. The van der Waals surface area contributed by atoms with Crippen LogP contribution >= 0.6 is 0 Å². The largest absolute Gasteiger partial charge is 0.383 e. The van der Waals surface area contributed by atoms with Crippen LogP contribution in [0.15, 0.2) is 6.33 Å². The summed E-state index contributed by atoms with van der Waals surface area (Å²) in [4.78, 5) is 11.4. The van der Waals surface area contributed by atoms with Crippen LogP contribution < -0.4 is 11.1 Å². The van der Waals surface area contributed by atoms with Crippen molar-refractivity contribution in [2.45, 2.75) is 12.5 Å². The lowest BCUT2D eigenvalue weighted by Crippen LogP contribution is -2.44. The number of nitrogens with two attached hydrogens (primary N) is 1. The zero-order valence-corrected chi connectivity index (χ0v) is 9.51. The molecule has 90 valence electrons. The second-order valence-electron chi connectivity index (χ2n) is 3.46. The lowest BCUT2D eigenvalue weighted by Gasteiger charge is -2.10. The minimum Gasteiger partial charge on any atom is -0.383 e. The van der Waals surface area contributed by atoms with Gasteiger partial charge in [0.25, 0.3) is 0 Å². The molecule has 0 saturated heterocycles. The van der Waals surface area contributed by atoms with Crippen molar-refractivity contribution < 1.29 is 9.53 Å². The van der Waals surface area contributed by atoms with E-state index in [1.165, 1.54) is 7.11 Å². The number of aryl methyl sites for hydroxylation is 1. The molecule has 1 heterocycles. The molecule has 0 aliphatic rings. The third kappa shape index (κ3) is 3.59. The number of ether oxygens (including phenoxy) is 1. The van der Waals surface area contributed by atoms with E-state index in [0.29, 0.717) is 13.0 Å². The zero-order chi connectivity index (χ0) is 12.0. The van der Waals surface area contributed by atoms with Crippen molar-refractivity contribution in [3.05, 3.63) is 12.2 Å². The van der Waals surface area contributed by atoms with Crippen LogP contribution in [0.1, 0.15) is 5.82 Å². The van der Waals surface area contributed by atoms with E-state index in [9.17, 15) is 4.79 Å². The summed E-state index contributed by atoms with van der Waals surface area (Å²) >= 11 is 0. The molecule has 1 amide bonds. The number of nitrogens with one attached hydrogen (secondary N) is 1. The second-order valence-corrected chi connectivity index (χ2v) is 3.46. The number of aromatic nitrogens is 3. The van der Waals surface area contributed by atoms with E-state index < -0.39 is 6.04 Å². The van der Waals surface area contributed by atoms with E-state index >= 15 is 0 Å². The van der Waals surface area contributed by atoms with Crippen LogP contribution in [0.25, 0.3) is 0 Å². The van der Waals surface area contributed by atoms with Gasteiger partial charge >= 0.3 is 0 Å². The van der Waals surface area contributed by atoms with Crippen LogP contribution in [0.4, 0.5) is 0 Å². The number of amides is 1. The minimum atomic E-state index is -0.621. The molecule has 0 aliphatic carbocycles. The van der Waals surface area contributed by atoms with Crippen molar-refractivity contribution in [3.8, 4) is 0 Å². The highest BCUT2D eigenvalue weighted by molar-refractivity contribution is 5.81. The van der Waals surface area contributed by atoms with Crippen LogP contribution in [0.5, 0.6) is 0 Å². The molecule has 0 aliphatic heterocycles. The first-order chi connectivity index (χ1) is 7.65. The number of carbonyl (C=O) groups is 1. The summed E-state index contributed by atoms with van der Waals surface area (Å²) in [5.74, 6) is 0.602. The maximum absolute atomic E-state index is 11.4. The molecule has 1 aromatic heterocycles. The SMILES string of the molecule is COCC(N)C(=O)NCCc1nncn1C. The van der Waals surface area contributed by atoms with Gasteiger partial charge in [-0.25, -0.2) is 0 Å². The number of methoxy groups -OCH3 is 1. The van der Waals surface area contributed by atoms with Gasteiger partial charge in [0.1, 0.15) is 18.2 Å². The predicted molar refractivity (Wildman–Crippen MR) is 57.6 cm³/mol. The Labute approximate surface area is 94.0 Å². The summed E-state index contributed by atoms with van der Waals surface area (Å²) in [6, 6.07) is -0.621. The first-order valence-electron chi connectivity index (χ1n) is 5.00. The molecule has 16 heavy (non-hydrogen) atoms. The third-order valence-corrected chi connectivity index (χ3v) is 2.14. The van der Waals surface area contributed by atoms with E-state index in [1.807, 2.05) is 7.05 Å². The maximum Gasteiger partial charge on any atom is 0.239 e. The number of hydrogen-bond donors (Lipinski definition) is 2. The average Bonchev–Trinajstić information content (AvgIpc) is 2.65. The topological polar surface area (TPSA) is 95.1 Å². The molecule has 0 spiro atoms. The molecule has 0 fully saturated rings. The Morgan fingerprint density at radius 1 is 1.75 bits per heavy atom. The lowest BCUT2D eigenvalue weighted by molar-refractivity contribution is -0.123. The van der Waals surface area contributed by atoms with Crippen molar-refractivity contribution in [2.24, 2.45) is 12.8 Å². The molecule has 3 N–H and O–H groups in total. The van der Waals surface area contributed by atoms with Gasteiger partial charge in [-0.05, 0) is 0 Å². The zero-order valence-electron chi connectivity index (χ0n) is 9.51. The van der Waals surface area contributed by atoms with Crippen LogP contribution in [0, 0.1) is 0 Å². The molecular formula is C9H17N5O2. The highest BCUT2D eigenvalue weighted by atomic mass is 16.5. The van der Waals surface area contributed by atoms with Crippen LogP contribution in [0.3, 0.4) is 0 Å². The summed E-state index contributed by atoms with van der Waals surface area (Å²) in [6.07, 6.45) is 2.25. The van der Waals surface area contributed by atoms with Gasteiger partial charge in [0.15, 0.2) is 0 Å². The monoisotopic (exact) mass is 227 g/mol. The molecule has 0 saturated carbocycles. The Hall–Kier alpha value is -1.47. The summed E-state index contributed by atoms with van der Waals surface area (Å²) in [7, 11) is 3.36. The molecule has 1 unspecified atom stereocenters. The normalized spacial score (nSPS) is 12.4. The number of carbonyl (C=O) groups excluding carboxylic acids is 1. The average molecular weight is 227 g/mol. The molecule has 7 nitrogen and oxygen atoms in total.